The Morgan fingerprint density at radius 1 is 1.41 bits per heavy atom. The third-order valence-electron chi connectivity index (χ3n) is 3.75. The molecule has 1 heterocycles. The maximum Gasteiger partial charge on any atom is 0.223 e. The first-order valence-electron chi connectivity index (χ1n) is 6.94. The van der Waals surface area contributed by atoms with Crippen molar-refractivity contribution >= 4 is 31.9 Å². The van der Waals surface area contributed by atoms with Crippen LogP contribution in [-0.4, -0.2) is 38.0 Å². The number of benzene rings is 1. The Bertz CT molecular complexity index is 658. The molecule has 1 N–H and O–H groups in total. The van der Waals surface area contributed by atoms with Crippen LogP contribution in [-0.2, 0) is 21.4 Å². The SMILES string of the molecule is CS(=O)(=O)N1CCC(C(=O)NCc2cc(Br)ccc2F)CC1. The third-order valence-corrected chi connectivity index (χ3v) is 5.55. The number of sulfonamides is 1. The molecule has 2 rings (SSSR count). The van der Waals surface area contributed by atoms with E-state index >= 15 is 0 Å². The molecule has 1 aliphatic rings. The number of carbonyl (C=O) groups excluding carboxylic acids is 1. The number of nitrogens with zero attached hydrogens (tertiary/aromatic N) is 1. The highest BCUT2D eigenvalue weighted by atomic mass is 79.9. The maximum absolute atomic E-state index is 13.6. The van der Waals surface area contributed by atoms with Crippen LogP contribution >= 0.6 is 15.9 Å². The Hall–Kier alpha value is -0.990. The van der Waals surface area contributed by atoms with Crippen molar-refractivity contribution in [2.45, 2.75) is 19.4 Å². The molecule has 1 amide bonds. The lowest BCUT2D eigenvalue weighted by molar-refractivity contribution is -0.126. The van der Waals surface area contributed by atoms with Crippen molar-refractivity contribution in [2.24, 2.45) is 5.92 Å². The van der Waals surface area contributed by atoms with Gasteiger partial charge < -0.3 is 5.32 Å². The van der Waals surface area contributed by atoms with E-state index in [9.17, 15) is 17.6 Å². The van der Waals surface area contributed by atoms with E-state index in [1.54, 1.807) is 12.1 Å². The molecule has 122 valence electrons. The highest BCUT2D eigenvalue weighted by molar-refractivity contribution is 9.10. The van der Waals surface area contributed by atoms with Crippen LogP contribution in [0.25, 0.3) is 0 Å². The molecule has 0 saturated carbocycles. The van der Waals surface area contributed by atoms with Crippen LogP contribution in [0.2, 0.25) is 0 Å². The minimum absolute atomic E-state index is 0.121. The van der Waals surface area contributed by atoms with E-state index in [-0.39, 0.29) is 24.2 Å². The van der Waals surface area contributed by atoms with E-state index in [4.69, 9.17) is 0 Å². The van der Waals surface area contributed by atoms with E-state index in [1.165, 1.54) is 16.6 Å². The number of amides is 1. The summed E-state index contributed by atoms with van der Waals surface area (Å²) in [6.07, 6.45) is 2.14. The molecular weight excluding hydrogens is 375 g/mol. The van der Waals surface area contributed by atoms with Crippen LogP contribution in [0.15, 0.2) is 22.7 Å². The van der Waals surface area contributed by atoms with Gasteiger partial charge in [0.25, 0.3) is 0 Å². The summed E-state index contributed by atoms with van der Waals surface area (Å²) in [5, 5.41) is 2.72. The van der Waals surface area contributed by atoms with Gasteiger partial charge in [-0.3, -0.25) is 4.79 Å². The standard InChI is InChI=1S/C14H18BrFN2O3S/c1-22(20,21)18-6-4-10(5-7-18)14(19)17-9-11-8-12(15)2-3-13(11)16/h2-3,8,10H,4-7,9H2,1H3,(H,17,19). The second kappa shape index (κ2) is 7.06. The molecule has 0 unspecified atom stereocenters. The molecule has 1 fully saturated rings. The fourth-order valence-corrected chi connectivity index (χ4v) is 3.74. The van der Waals surface area contributed by atoms with E-state index < -0.39 is 10.0 Å². The zero-order valence-electron chi connectivity index (χ0n) is 12.2. The van der Waals surface area contributed by atoms with Crippen molar-refractivity contribution in [3.05, 3.63) is 34.1 Å². The van der Waals surface area contributed by atoms with Gasteiger partial charge in [-0.05, 0) is 31.0 Å². The summed E-state index contributed by atoms with van der Waals surface area (Å²) in [6, 6.07) is 4.57. The number of halogens is 2. The fourth-order valence-electron chi connectivity index (χ4n) is 2.46. The highest BCUT2D eigenvalue weighted by Gasteiger charge is 2.28. The largest absolute Gasteiger partial charge is 0.352 e. The minimum Gasteiger partial charge on any atom is -0.352 e. The van der Waals surface area contributed by atoms with Crippen LogP contribution in [0.5, 0.6) is 0 Å². The van der Waals surface area contributed by atoms with Gasteiger partial charge in [0.05, 0.1) is 6.26 Å². The van der Waals surface area contributed by atoms with E-state index in [0.29, 0.717) is 31.5 Å². The molecule has 0 aromatic heterocycles. The number of carbonyl (C=O) groups is 1. The predicted molar refractivity (Wildman–Crippen MR) is 85.1 cm³/mol. The van der Waals surface area contributed by atoms with E-state index in [1.807, 2.05) is 0 Å². The maximum atomic E-state index is 13.6. The van der Waals surface area contributed by atoms with Crippen LogP contribution in [0.1, 0.15) is 18.4 Å². The highest BCUT2D eigenvalue weighted by Crippen LogP contribution is 2.20. The van der Waals surface area contributed by atoms with Crippen molar-refractivity contribution in [3.8, 4) is 0 Å². The molecule has 8 heteroatoms. The zero-order valence-corrected chi connectivity index (χ0v) is 14.6. The Labute approximate surface area is 138 Å². The average molecular weight is 393 g/mol. The Kier molecular flexibility index (Phi) is 5.57. The Balaban J connectivity index is 1.87. The Morgan fingerprint density at radius 2 is 2.05 bits per heavy atom. The summed E-state index contributed by atoms with van der Waals surface area (Å²) in [5.74, 6) is -0.754. The first kappa shape index (κ1) is 17.4. The predicted octanol–water partition coefficient (Wildman–Crippen LogP) is 1.88. The third kappa shape index (κ3) is 4.50. The van der Waals surface area contributed by atoms with Crippen molar-refractivity contribution in [1.29, 1.82) is 0 Å². The van der Waals surface area contributed by atoms with Crippen molar-refractivity contribution < 1.29 is 17.6 Å². The topological polar surface area (TPSA) is 66.5 Å². The lowest BCUT2D eigenvalue weighted by atomic mass is 9.97. The van der Waals surface area contributed by atoms with Gasteiger partial charge in [-0.15, -0.1) is 0 Å². The van der Waals surface area contributed by atoms with Crippen LogP contribution in [0.3, 0.4) is 0 Å². The van der Waals surface area contributed by atoms with Gasteiger partial charge in [0.1, 0.15) is 5.82 Å². The molecule has 0 atom stereocenters. The average Bonchev–Trinajstić information content (AvgIpc) is 2.47. The molecule has 1 aromatic rings. The zero-order chi connectivity index (χ0) is 16.3. The van der Waals surface area contributed by atoms with Gasteiger partial charge in [-0.2, -0.15) is 0 Å². The van der Waals surface area contributed by atoms with Crippen LogP contribution in [0, 0.1) is 11.7 Å². The molecule has 0 spiro atoms. The lowest BCUT2D eigenvalue weighted by Crippen LogP contribution is -2.42. The second-order valence-electron chi connectivity index (χ2n) is 5.39. The molecular formula is C14H18BrFN2O3S. The van der Waals surface area contributed by atoms with Gasteiger partial charge >= 0.3 is 0 Å². The lowest BCUT2D eigenvalue weighted by Gasteiger charge is -2.29. The smallest absolute Gasteiger partial charge is 0.223 e. The number of hydrogen-bond donors (Lipinski definition) is 1. The van der Waals surface area contributed by atoms with E-state index in [2.05, 4.69) is 21.2 Å². The molecule has 0 aliphatic carbocycles. The Morgan fingerprint density at radius 3 is 2.64 bits per heavy atom. The number of hydrogen-bond acceptors (Lipinski definition) is 3. The second-order valence-corrected chi connectivity index (χ2v) is 8.29. The molecule has 0 radical (unpaired) electrons. The summed E-state index contributed by atoms with van der Waals surface area (Å²) in [5.41, 5.74) is 0.413. The molecule has 22 heavy (non-hydrogen) atoms. The summed E-state index contributed by atoms with van der Waals surface area (Å²) in [6.45, 7) is 0.820. The molecule has 1 aromatic carbocycles. The summed E-state index contributed by atoms with van der Waals surface area (Å²) in [7, 11) is -3.19. The number of piperidine rings is 1. The molecule has 1 aliphatic heterocycles. The first-order valence-corrected chi connectivity index (χ1v) is 9.58. The van der Waals surface area contributed by atoms with Gasteiger partial charge in [0, 0.05) is 35.6 Å². The van der Waals surface area contributed by atoms with Crippen LogP contribution in [0.4, 0.5) is 4.39 Å². The van der Waals surface area contributed by atoms with Crippen LogP contribution < -0.4 is 5.32 Å². The van der Waals surface area contributed by atoms with Crippen molar-refractivity contribution in [2.75, 3.05) is 19.3 Å². The molecule has 0 bridgehead atoms. The summed E-state index contributed by atoms with van der Waals surface area (Å²) < 4.78 is 38.6. The molecule has 5 nitrogen and oxygen atoms in total. The van der Waals surface area contributed by atoms with Gasteiger partial charge in [-0.1, -0.05) is 15.9 Å². The van der Waals surface area contributed by atoms with Gasteiger partial charge in [-0.25, -0.2) is 17.1 Å². The number of nitrogens with one attached hydrogen (secondary N) is 1. The molecule has 1 saturated heterocycles. The van der Waals surface area contributed by atoms with Gasteiger partial charge in [0.15, 0.2) is 0 Å². The quantitative estimate of drug-likeness (QED) is 0.850. The minimum atomic E-state index is -3.19. The monoisotopic (exact) mass is 392 g/mol. The van der Waals surface area contributed by atoms with Crippen molar-refractivity contribution in [3.63, 3.8) is 0 Å². The normalized spacial score (nSPS) is 17.4. The number of rotatable bonds is 4. The summed E-state index contributed by atoms with van der Waals surface area (Å²) in [4.78, 5) is 12.1. The fraction of sp³-hybridized carbons (Fsp3) is 0.500. The van der Waals surface area contributed by atoms with Gasteiger partial charge in [0.2, 0.25) is 15.9 Å². The van der Waals surface area contributed by atoms with E-state index in [0.717, 1.165) is 4.47 Å². The first-order chi connectivity index (χ1) is 10.3. The van der Waals surface area contributed by atoms with Crippen molar-refractivity contribution in [1.82, 2.24) is 9.62 Å². The summed E-state index contributed by atoms with van der Waals surface area (Å²) >= 11 is 3.26.